The van der Waals surface area contributed by atoms with Gasteiger partial charge in [-0.15, -0.1) is 0 Å². The van der Waals surface area contributed by atoms with E-state index in [4.69, 9.17) is 5.73 Å². The summed E-state index contributed by atoms with van der Waals surface area (Å²) in [6.07, 6.45) is -1.36. The second-order valence-corrected chi connectivity index (χ2v) is 8.91. The van der Waals surface area contributed by atoms with Crippen LogP contribution in [0.3, 0.4) is 0 Å². The minimum Gasteiger partial charge on any atom is -0.398 e. The Balaban J connectivity index is 2.14. The van der Waals surface area contributed by atoms with Gasteiger partial charge in [0, 0.05) is 30.5 Å². The zero-order valence-electron chi connectivity index (χ0n) is 17.2. The molecule has 2 N–H and O–H groups in total. The van der Waals surface area contributed by atoms with Gasteiger partial charge in [0.05, 0.1) is 23.4 Å². The van der Waals surface area contributed by atoms with Crippen LogP contribution in [-0.2, 0) is 22.6 Å². The number of nitrogen functional groups attached to an aromatic ring is 1. The summed E-state index contributed by atoms with van der Waals surface area (Å²) in [7, 11) is -3.97. The summed E-state index contributed by atoms with van der Waals surface area (Å²) in [6, 6.07) is 4.69. The fraction of sp³-hybridized carbons (Fsp3) is 0.150. The maximum Gasteiger partial charge on any atom is 0.451 e. The molecular formula is C20H15F4N5O4S. The third-order valence-corrected chi connectivity index (χ3v) is 5.49. The van der Waals surface area contributed by atoms with Crippen LogP contribution < -0.4 is 10.6 Å². The van der Waals surface area contributed by atoms with E-state index in [0.29, 0.717) is 12.4 Å². The smallest absolute Gasteiger partial charge is 0.398 e. The summed E-state index contributed by atoms with van der Waals surface area (Å²) in [5.41, 5.74) is 4.47. The van der Waals surface area contributed by atoms with E-state index in [9.17, 15) is 35.6 Å². The van der Waals surface area contributed by atoms with Crippen molar-refractivity contribution in [1.29, 1.82) is 0 Å². The standard InChI is InChI=1S/C20H15F4N5O4S/c1-34(32,33)17-16(3-2-4-26-17)29(9-11-5-14(21)13(10-30)15(25)6-11)18(31)12-7-27-19(28-8-12)20(22,23)24/h2-8,10H,9,25H2,1H3. The van der Waals surface area contributed by atoms with E-state index < -0.39 is 56.3 Å². The van der Waals surface area contributed by atoms with Gasteiger partial charge < -0.3 is 10.6 Å². The predicted octanol–water partition coefficient (Wildman–Crippen LogP) is 2.67. The number of sulfone groups is 1. The Hall–Kier alpha value is -3.94. The number of aromatic nitrogens is 3. The molecule has 3 aromatic rings. The number of nitrogens with two attached hydrogens (primary N) is 1. The highest BCUT2D eigenvalue weighted by Crippen LogP contribution is 2.29. The molecule has 178 valence electrons. The molecule has 2 heterocycles. The lowest BCUT2D eigenvalue weighted by Gasteiger charge is -2.24. The Morgan fingerprint density at radius 2 is 1.82 bits per heavy atom. The van der Waals surface area contributed by atoms with Crippen molar-refractivity contribution in [2.45, 2.75) is 17.7 Å². The molecule has 0 aliphatic carbocycles. The monoisotopic (exact) mass is 497 g/mol. The van der Waals surface area contributed by atoms with Crippen LogP contribution in [0, 0.1) is 5.82 Å². The van der Waals surface area contributed by atoms with Crippen molar-refractivity contribution in [3.63, 3.8) is 0 Å². The van der Waals surface area contributed by atoms with E-state index in [2.05, 4.69) is 15.0 Å². The summed E-state index contributed by atoms with van der Waals surface area (Å²) in [5.74, 6) is -3.46. The maximum atomic E-state index is 14.3. The minimum absolute atomic E-state index is 0.0603. The van der Waals surface area contributed by atoms with Crippen LogP contribution in [0.1, 0.15) is 32.1 Å². The summed E-state index contributed by atoms with van der Waals surface area (Å²) in [5, 5.41) is -0.505. The second kappa shape index (κ2) is 9.13. The van der Waals surface area contributed by atoms with Crippen LogP contribution in [0.25, 0.3) is 0 Å². The predicted molar refractivity (Wildman–Crippen MR) is 111 cm³/mol. The normalized spacial score (nSPS) is 11.8. The number of hydrogen-bond donors (Lipinski definition) is 1. The Kier molecular flexibility index (Phi) is 6.63. The number of carbonyl (C=O) groups is 2. The number of anilines is 2. The molecule has 0 unspecified atom stereocenters. The molecule has 0 bridgehead atoms. The Morgan fingerprint density at radius 3 is 2.35 bits per heavy atom. The Morgan fingerprint density at radius 1 is 1.18 bits per heavy atom. The van der Waals surface area contributed by atoms with Crippen molar-refractivity contribution in [2.24, 2.45) is 0 Å². The Labute approximate surface area is 190 Å². The van der Waals surface area contributed by atoms with E-state index in [1.807, 2.05) is 0 Å². The average Bonchev–Trinajstić information content (AvgIpc) is 2.76. The fourth-order valence-corrected chi connectivity index (χ4v) is 3.79. The van der Waals surface area contributed by atoms with E-state index >= 15 is 0 Å². The summed E-state index contributed by atoms with van der Waals surface area (Å²) < 4.78 is 77.1. The summed E-state index contributed by atoms with van der Waals surface area (Å²) >= 11 is 0. The molecule has 34 heavy (non-hydrogen) atoms. The quantitative estimate of drug-likeness (QED) is 0.312. The molecular weight excluding hydrogens is 482 g/mol. The number of aldehydes is 1. The number of benzene rings is 1. The highest BCUT2D eigenvalue weighted by molar-refractivity contribution is 7.90. The van der Waals surface area contributed by atoms with Gasteiger partial charge in [0.25, 0.3) is 5.91 Å². The van der Waals surface area contributed by atoms with Crippen LogP contribution in [0.5, 0.6) is 0 Å². The molecule has 0 spiro atoms. The molecule has 0 aliphatic heterocycles. The molecule has 0 fully saturated rings. The zero-order chi connectivity index (χ0) is 25.3. The van der Waals surface area contributed by atoms with Gasteiger partial charge in [-0.3, -0.25) is 9.59 Å². The lowest BCUT2D eigenvalue weighted by molar-refractivity contribution is -0.145. The summed E-state index contributed by atoms with van der Waals surface area (Å²) in [6.45, 7) is -0.478. The van der Waals surface area contributed by atoms with E-state index in [1.165, 1.54) is 24.4 Å². The first-order valence-electron chi connectivity index (χ1n) is 9.22. The molecule has 14 heteroatoms. The molecule has 0 saturated heterocycles. The number of hydrogen-bond acceptors (Lipinski definition) is 8. The van der Waals surface area contributed by atoms with E-state index in [-0.39, 0.29) is 23.2 Å². The number of pyridine rings is 1. The van der Waals surface area contributed by atoms with Gasteiger partial charge in [-0.1, -0.05) is 0 Å². The first-order chi connectivity index (χ1) is 15.8. The van der Waals surface area contributed by atoms with Crippen LogP contribution >= 0.6 is 0 Å². The van der Waals surface area contributed by atoms with Crippen molar-refractivity contribution < 1.29 is 35.6 Å². The van der Waals surface area contributed by atoms with Gasteiger partial charge in [0.1, 0.15) is 5.82 Å². The van der Waals surface area contributed by atoms with Crippen molar-refractivity contribution in [2.75, 3.05) is 16.9 Å². The molecule has 9 nitrogen and oxygen atoms in total. The largest absolute Gasteiger partial charge is 0.451 e. The van der Waals surface area contributed by atoms with Gasteiger partial charge in [-0.2, -0.15) is 13.2 Å². The lowest BCUT2D eigenvalue weighted by atomic mass is 10.1. The maximum absolute atomic E-state index is 14.3. The number of alkyl halides is 3. The van der Waals surface area contributed by atoms with Gasteiger partial charge in [0.15, 0.2) is 21.1 Å². The van der Waals surface area contributed by atoms with Gasteiger partial charge >= 0.3 is 6.18 Å². The Bertz CT molecular complexity index is 1340. The van der Waals surface area contributed by atoms with Crippen molar-refractivity contribution in [1.82, 2.24) is 15.0 Å². The highest BCUT2D eigenvalue weighted by Gasteiger charge is 2.35. The molecule has 2 aromatic heterocycles. The van der Waals surface area contributed by atoms with Crippen LogP contribution in [0.2, 0.25) is 0 Å². The molecule has 1 amide bonds. The topological polar surface area (TPSA) is 136 Å². The van der Waals surface area contributed by atoms with Crippen molar-refractivity contribution >= 4 is 33.4 Å². The molecule has 0 radical (unpaired) electrons. The summed E-state index contributed by atoms with van der Waals surface area (Å²) in [4.78, 5) is 35.2. The molecule has 0 atom stereocenters. The van der Waals surface area contributed by atoms with Crippen molar-refractivity contribution in [3.8, 4) is 0 Å². The molecule has 1 aromatic carbocycles. The SMILES string of the molecule is CS(=O)(=O)c1ncccc1N(Cc1cc(N)c(C=O)c(F)c1)C(=O)c1cnc(C(F)(F)F)nc1. The number of carbonyl (C=O) groups excluding carboxylic acids is 2. The first-order valence-corrected chi connectivity index (χ1v) is 11.1. The number of rotatable bonds is 6. The van der Waals surface area contributed by atoms with E-state index in [1.54, 1.807) is 0 Å². The van der Waals surface area contributed by atoms with Crippen LogP contribution in [0.15, 0.2) is 47.9 Å². The van der Waals surface area contributed by atoms with Crippen LogP contribution in [-0.4, -0.2) is 41.8 Å². The average molecular weight is 497 g/mol. The zero-order valence-corrected chi connectivity index (χ0v) is 18.1. The number of amides is 1. The number of halogens is 4. The molecule has 0 saturated carbocycles. The van der Waals surface area contributed by atoms with Gasteiger partial charge in [-0.05, 0) is 29.8 Å². The molecule has 3 rings (SSSR count). The minimum atomic E-state index is -4.84. The van der Waals surface area contributed by atoms with Crippen molar-refractivity contribution in [3.05, 3.63) is 71.2 Å². The van der Waals surface area contributed by atoms with Gasteiger partial charge in [0.2, 0.25) is 5.82 Å². The number of nitrogens with zero attached hydrogens (tertiary/aromatic N) is 4. The molecule has 0 aliphatic rings. The van der Waals surface area contributed by atoms with E-state index in [0.717, 1.165) is 17.2 Å². The third kappa shape index (κ3) is 5.17. The second-order valence-electron chi connectivity index (χ2n) is 6.98. The third-order valence-electron chi connectivity index (χ3n) is 4.47. The lowest BCUT2D eigenvalue weighted by Crippen LogP contribution is -2.32. The first kappa shape index (κ1) is 24.7. The highest BCUT2D eigenvalue weighted by atomic mass is 32.2. The fourth-order valence-electron chi connectivity index (χ4n) is 2.98. The van der Waals surface area contributed by atoms with Gasteiger partial charge in [-0.25, -0.2) is 27.8 Å². The van der Waals surface area contributed by atoms with Crippen LogP contribution in [0.4, 0.5) is 28.9 Å².